The summed E-state index contributed by atoms with van der Waals surface area (Å²) in [5.41, 5.74) is 0.320. The van der Waals surface area contributed by atoms with Crippen molar-refractivity contribution in [2.45, 2.75) is 51.2 Å². The van der Waals surface area contributed by atoms with E-state index in [0.29, 0.717) is 24.5 Å². The first-order valence-electron chi connectivity index (χ1n) is 8.68. The summed E-state index contributed by atoms with van der Waals surface area (Å²) >= 11 is 5.75. The summed E-state index contributed by atoms with van der Waals surface area (Å²) in [7, 11) is 0. The number of amides is 2. The van der Waals surface area contributed by atoms with E-state index in [1.807, 2.05) is 6.92 Å². The Balaban J connectivity index is 1.59. The highest BCUT2D eigenvalue weighted by Crippen LogP contribution is 2.48. The van der Waals surface area contributed by atoms with Crippen LogP contribution in [0.5, 0.6) is 0 Å². The minimum Gasteiger partial charge on any atom is -0.449 e. The fraction of sp³-hybridized carbons (Fsp3) is 0.556. The zero-order valence-electron chi connectivity index (χ0n) is 14.1. The molecule has 1 aliphatic heterocycles. The predicted octanol–water partition coefficient (Wildman–Crippen LogP) is 3.49. The molecule has 3 rings (SSSR count). The van der Waals surface area contributed by atoms with Gasteiger partial charge in [-0.3, -0.25) is 9.69 Å². The van der Waals surface area contributed by atoms with Gasteiger partial charge in [0.1, 0.15) is 11.9 Å². The van der Waals surface area contributed by atoms with Crippen LogP contribution in [0.15, 0.2) is 18.2 Å². The van der Waals surface area contributed by atoms with Crippen LogP contribution in [-0.4, -0.2) is 35.6 Å². The Kier molecular flexibility index (Phi) is 5.47. The number of halogens is 2. The molecule has 0 spiro atoms. The van der Waals surface area contributed by atoms with Gasteiger partial charge in [-0.25, -0.2) is 9.18 Å². The molecule has 1 aliphatic carbocycles. The van der Waals surface area contributed by atoms with Crippen molar-refractivity contribution in [2.24, 2.45) is 5.92 Å². The number of nitrogens with zero attached hydrogens (tertiary/aromatic N) is 1. The first-order valence-corrected chi connectivity index (χ1v) is 9.06. The van der Waals surface area contributed by atoms with E-state index in [-0.39, 0.29) is 23.5 Å². The van der Waals surface area contributed by atoms with Crippen LogP contribution in [0, 0.1) is 11.7 Å². The second-order valence-electron chi connectivity index (χ2n) is 6.62. The Bertz CT molecular complexity index is 670. The second-order valence-corrected chi connectivity index (χ2v) is 7.03. The van der Waals surface area contributed by atoms with E-state index in [1.165, 1.54) is 6.07 Å². The molecule has 0 radical (unpaired) electrons. The van der Waals surface area contributed by atoms with Crippen molar-refractivity contribution in [3.8, 4) is 0 Å². The molecule has 2 fully saturated rings. The van der Waals surface area contributed by atoms with E-state index < -0.39 is 18.0 Å². The number of likely N-dealkylation sites (tertiary alicyclic amines) is 1. The van der Waals surface area contributed by atoms with Crippen molar-refractivity contribution in [2.75, 3.05) is 6.61 Å². The zero-order valence-corrected chi connectivity index (χ0v) is 14.9. The van der Waals surface area contributed by atoms with Crippen molar-refractivity contribution in [1.82, 2.24) is 10.2 Å². The number of hydrogen-bond acceptors (Lipinski definition) is 3. The maximum absolute atomic E-state index is 13.9. The molecule has 1 aromatic carbocycles. The van der Waals surface area contributed by atoms with E-state index in [0.717, 1.165) is 19.3 Å². The largest absolute Gasteiger partial charge is 0.449 e. The molecular weight excluding hydrogens is 347 g/mol. The van der Waals surface area contributed by atoms with Crippen molar-refractivity contribution in [3.05, 3.63) is 34.6 Å². The molecule has 25 heavy (non-hydrogen) atoms. The van der Waals surface area contributed by atoms with Crippen LogP contribution >= 0.6 is 11.6 Å². The Morgan fingerprint density at radius 2 is 2.20 bits per heavy atom. The van der Waals surface area contributed by atoms with Gasteiger partial charge in [0.2, 0.25) is 5.91 Å². The van der Waals surface area contributed by atoms with Gasteiger partial charge >= 0.3 is 6.09 Å². The standard InChI is InChI=1S/C18H22ClFN2O3/c1-2-3-7-25-18(24)22-14-8-12(14)9-15(22)17(23)21-10-11-5-4-6-13(19)16(11)20/h4-6,12,14-15H,2-3,7-10H2,1H3,(H,21,23)/t12-,14-,15-/m0/s1. The molecule has 7 heteroatoms. The molecule has 0 aromatic heterocycles. The van der Waals surface area contributed by atoms with Crippen LogP contribution < -0.4 is 5.32 Å². The molecule has 1 heterocycles. The Morgan fingerprint density at radius 1 is 1.40 bits per heavy atom. The van der Waals surface area contributed by atoms with Crippen molar-refractivity contribution in [3.63, 3.8) is 0 Å². The highest BCUT2D eigenvalue weighted by Gasteiger charge is 2.56. The molecule has 0 bridgehead atoms. The average Bonchev–Trinajstić information content (AvgIpc) is 3.25. The monoisotopic (exact) mass is 368 g/mol. The molecule has 2 aliphatic rings. The van der Waals surface area contributed by atoms with Gasteiger partial charge in [-0.2, -0.15) is 0 Å². The van der Waals surface area contributed by atoms with Gasteiger partial charge in [-0.1, -0.05) is 37.1 Å². The van der Waals surface area contributed by atoms with Gasteiger partial charge in [0.05, 0.1) is 11.6 Å². The third-order valence-corrected chi connectivity index (χ3v) is 5.12. The lowest BCUT2D eigenvalue weighted by Gasteiger charge is -2.26. The van der Waals surface area contributed by atoms with E-state index in [9.17, 15) is 14.0 Å². The summed E-state index contributed by atoms with van der Waals surface area (Å²) in [5, 5.41) is 2.74. The minimum absolute atomic E-state index is 0.0231. The molecule has 5 nitrogen and oxygen atoms in total. The molecule has 2 amide bonds. The molecule has 1 saturated carbocycles. The fourth-order valence-corrected chi connectivity index (χ4v) is 3.51. The minimum atomic E-state index is -0.542. The van der Waals surface area contributed by atoms with Crippen LogP contribution in [0.1, 0.15) is 38.2 Å². The number of unbranched alkanes of at least 4 members (excludes halogenated alkanes) is 1. The Labute approximate surface area is 151 Å². The highest BCUT2D eigenvalue weighted by atomic mass is 35.5. The number of ether oxygens (including phenoxy) is 1. The van der Waals surface area contributed by atoms with Crippen molar-refractivity contribution in [1.29, 1.82) is 0 Å². The number of benzene rings is 1. The molecule has 1 saturated heterocycles. The maximum Gasteiger partial charge on any atom is 0.410 e. The van der Waals surface area contributed by atoms with Gasteiger partial charge in [0.15, 0.2) is 0 Å². The van der Waals surface area contributed by atoms with Gasteiger partial charge in [-0.05, 0) is 31.2 Å². The molecule has 136 valence electrons. The summed E-state index contributed by atoms with van der Waals surface area (Å²) in [4.78, 5) is 26.4. The summed E-state index contributed by atoms with van der Waals surface area (Å²) in [6, 6.07) is 4.23. The lowest BCUT2D eigenvalue weighted by Crippen LogP contribution is -2.48. The molecule has 0 unspecified atom stereocenters. The summed E-state index contributed by atoms with van der Waals surface area (Å²) < 4.78 is 19.2. The second kappa shape index (κ2) is 7.60. The normalized spacial score (nSPS) is 24.0. The van der Waals surface area contributed by atoms with Crippen LogP contribution in [0.4, 0.5) is 9.18 Å². The topological polar surface area (TPSA) is 58.6 Å². The number of rotatable bonds is 6. The first-order chi connectivity index (χ1) is 12.0. The fourth-order valence-electron chi connectivity index (χ4n) is 3.32. The molecule has 3 atom stereocenters. The predicted molar refractivity (Wildman–Crippen MR) is 91.7 cm³/mol. The van der Waals surface area contributed by atoms with Gasteiger partial charge < -0.3 is 10.1 Å². The van der Waals surface area contributed by atoms with Crippen LogP contribution in [0.3, 0.4) is 0 Å². The SMILES string of the molecule is CCCCOC(=O)N1[C@H](C(=O)NCc2cccc(Cl)c2F)C[C@@H]2C[C@@H]21. The average molecular weight is 369 g/mol. The van der Waals surface area contributed by atoms with Crippen LogP contribution in [0.2, 0.25) is 5.02 Å². The molecular formula is C18H22ClFN2O3. The molecule has 1 N–H and O–H groups in total. The third kappa shape index (κ3) is 3.89. The van der Waals surface area contributed by atoms with Gasteiger partial charge in [-0.15, -0.1) is 0 Å². The van der Waals surface area contributed by atoms with Gasteiger partial charge in [0, 0.05) is 18.2 Å². The number of carbonyl (C=O) groups excluding carboxylic acids is 2. The summed E-state index contributed by atoms with van der Waals surface area (Å²) in [5.74, 6) is -0.439. The summed E-state index contributed by atoms with van der Waals surface area (Å²) in [6.45, 7) is 2.42. The maximum atomic E-state index is 13.9. The number of carbonyl (C=O) groups is 2. The highest BCUT2D eigenvalue weighted by molar-refractivity contribution is 6.30. The quantitative estimate of drug-likeness (QED) is 0.782. The third-order valence-electron chi connectivity index (χ3n) is 4.83. The first kappa shape index (κ1) is 18.0. The van der Waals surface area contributed by atoms with E-state index >= 15 is 0 Å². The molecule has 1 aromatic rings. The smallest absolute Gasteiger partial charge is 0.410 e. The lowest BCUT2D eigenvalue weighted by atomic mass is 10.1. The Hall–Kier alpha value is -1.82. The number of fused-ring (bicyclic) bond motifs is 1. The summed E-state index contributed by atoms with van der Waals surface area (Å²) in [6.07, 6.45) is 2.88. The van der Waals surface area contributed by atoms with E-state index in [2.05, 4.69) is 5.32 Å². The lowest BCUT2D eigenvalue weighted by molar-refractivity contribution is -0.125. The zero-order chi connectivity index (χ0) is 18.0. The number of piperidine rings is 1. The van der Waals surface area contributed by atoms with Crippen LogP contribution in [0.25, 0.3) is 0 Å². The van der Waals surface area contributed by atoms with Crippen molar-refractivity contribution < 1.29 is 18.7 Å². The number of nitrogens with one attached hydrogen (secondary N) is 1. The van der Waals surface area contributed by atoms with E-state index in [1.54, 1.807) is 17.0 Å². The Morgan fingerprint density at radius 3 is 2.96 bits per heavy atom. The van der Waals surface area contributed by atoms with Crippen molar-refractivity contribution >= 4 is 23.6 Å². The van der Waals surface area contributed by atoms with Gasteiger partial charge in [0.25, 0.3) is 0 Å². The number of hydrogen-bond donors (Lipinski definition) is 1. The van der Waals surface area contributed by atoms with E-state index in [4.69, 9.17) is 16.3 Å². The van der Waals surface area contributed by atoms with Crippen LogP contribution in [-0.2, 0) is 16.1 Å².